The first-order valence-corrected chi connectivity index (χ1v) is 10.1. The van der Waals surface area contributed by atoms with Gasteiger partial charge in [-0.1, -0.05) is 22.9 Å². The third-order valence-electron chi connectivity index (χ3n) is 2.87. The first-order valence-electron chi connectivity index (χ1n) is 6.69. The molecule has 0 spiro atoms. The summed E-state index contributed by atoms with van der Waals surface area (Å²) in [5.41, 5.74) is 0.651. The topological polar surface area (TPSA) is 78.5 Å². The number of carbonyl (C=O) groups excluding carboxylic acids is 1. The van der Waals surface area contributed by atoms with Crippen molar-refractivity contribution in [3.05, 3.63) is 27.1 Å². The van der Waals surface area contributed by atoms with Gasteiger partial charge in [0.15, 0.2) is 0 Å². The molecule has 0 saturated heterocycles. The number of nitrogens with zero attached hydrogens (tertiary/aromatic N) is 1. The second-order valence-electron chi connectivity index (χ2n) is 4.61. The highest BCUT2D eigenvalue weighted by atomic mass is 79.9. The molecule has 6 nitrogen and oxygen atoms in total. The lowest BCUT2D eigenvalue weighted by Crippen LogP contribution is -2.34. The highest BCUT2D eigenvalue weighted by Crippen LogP contribution is 2.25. The predicted molar refractivity (Wildman–Crippen MR) is 95.6 cm³/mol. The maximum absolute atomic E-state index is 11.8. The van der Waals surface area contributed by atoms with Gasteiger partial charge in [0.25, 0.3) is 0 Å². The zero-order chi connectivity index (χ0) is 16.8. The molecule has 0 aliphatic heterocycles. The summed E-state index contributed by atoms with van der Waals surface area (Å²) in [5, 5.41) is 5.43. The molecule has 0 aliphatic carbocycles. The maximum atomic E-state index is 11.8. The highest BCUT2D eigenvalue weighted by molar-refractivity contribution is 9.11. The van der Waals surface area contributed by atoms with Crippen molar-refractivity contribution in [3.63, 3.8) is 0 Å². The van der Waals surface area contributed by atoms with Crippen molar-refractivity contribution in [3.8, 4) is 0 Å². The summed E-state index contributed by atoms with van der Waals surface area (Å²) in [4.78, 5) is 11.8. The number of urea groups is 1. The maximum Gasteiger partial charge on any atom is 0.319 e. The Morgan fingerprint density at radius 2 is 2.00 bits per heavy atom. The molecule has 0 fully saturated rings. The van der Waals surface area contributed by atoms with E-state index in [9.17, 15) is 13.2 Å². The van der Waals surface area contributed by atoms with Crippen LogP contribution < -0.4 is 10.6 Å². The van der Waals surface area contributed by atoms with Gasteiger partial charge in [-0.05, 0) is 40.5 Å². The van der Waals surface area contributed by atoms with Crippen molar-refractivity contribution < 1.29 is 13.2 Å². The van der Waals surface area contributed by atoms with Crippen LogP contribution in [-0.2, 0) is 10.0 Å². The zero-order valence-corrected chi connectivity index (χ0v) is 16.4. The van der Waals surface area contributed by atoms with Crippen LogP contribution in [0.4, 0.5) is 10.5 Å². The van der Waals surface area contributed by atoms with E-state index in [4.69, 9.17) is 0 Å². The van der Waals surface area contributed by atoms with E-state index in [2.05, 4.69) is 42.5 Å². The normalized spacial score (nSPS) is 11.5. The number of carbonyl (C=O) groups is 1. The average Bonchev–Trinajstić information content (AvgIpc) is 2.41. The smallest absolute Gasteiger partial charge is 0.319 e. The Kier molecular flexibility index (Phi) is 7.81. The summed E-state index contributed by atoms with van der Waals surface area (Å²) in [6.45, 7) is 2.99. The Hall–Kier alpha value is -0.640. The van der Waals surface area contributed by atoms with Crippen LogP contribution in [0.5, 0.6) is 0 Å². The molecule has 1 aromatic carbocycles. The van der Waals surface area contributed by atoms with Crippen molar-refractivity contribution in [2.24, 2.45) is 0 Å². The lowest BCUT2D eigenvalue weighted by atomic mass is 10.3. The van der Waals surface area contributed by atoms with Crippen molar-refractivity contribution in [1.82, 2.24) is 9.62 Å². The van der Waals surface area contributed by atoms with Crippen LogP contribution in [-0.4, -0.2) is 44.6 Å². The molecule has 124 valence electrons. The lowest BCUT2D eigenvalue weighted by Gasteiger charge is -2.17. The molecule has 0 bridgehead atoms. The molecule has 1 aromatic rings. The fourth-order valence-corrected chi connectivity index (χ4v) is 3.41. The Labute approximate surface area is 148 Å². The second kappa shape index (κ2) is 8.85. The molecule has 2 amide bonds. The van der Waals surface area contributed by atoms with Crippen LogP contribution in [0.1, 0.15) is 13.3 Å². The molecule has 22 heavy (non-hydrogen) atoms. The van der Waals surface area contributed by atoms with Gasteiger partial charge < -0.3 is 10.6 Å². The molecule has 9 heteroatoms. The lowest BCUT2D eigenvalue weighted by molar-refractivity contribution is 0.251. The third-order valence-corrected chi connectivity index (χ3v) is 5.43. The number of sulfonamides is 1. The van der Waals surface area contributed by atoms with Gasteiger partial charge in [0.05, 0.1) is 11.9 Å². The van der Waals surface area contributed by atoms with E-state index in [1.807, 2.05) is 12.1 Å². The molecule has 0 aliphatic rings. The van der Waals surface area contributed by atoms with E-state index in [0.717, 1.165) is 8.95 Å². The number of nitrogens with one attached hydrogen (secondary N) is 2. The SMILES string of the molecule is CCN(CCCNC(=O)Nc1cc(Br)ccc1Br)S(C)(=O)=O. The van der Waals surface area contributed by atoms with Gasteiger partial charge in [-0.25, -0.2) is 17.5 Å². The predicted octanol–water partition coefficient (Wildman–Crippen LogP) is 3.00. The Morgan fingerprint density at radius 1 is 1.32 bits per heavy atom. The quantitative estimate of drug-likeness (QED) is 0.619. The first kappa shape index (κ1) is 19.4. The van der Waals surface area contributed by atoms with Gasteiger partial charge in [0.1, 0.15) is 0 Å². The molecule has 1 rings (SSSR count). The molecule has 2 N–H and O–H groups in total. The molecular formula is C13H19Br2N3O3S. The first-order chi connectivity index (χ1) is 10.2. The number of halogens is 2. The summed E-state index contributed by atoms with van der Waals surface area (Å²) in [6, 6.07) is 5.13. The monoisotopic (exact) mass is 455 g/mol. The summed E-state index contributed by atoms with van der Waals surface area (Å²) in [6.07, 6.45) is 1.73. The molecule has 0 aromatic heterocycles. The minimum atomic E-state index is -3.18. The molecule has 0 atom stereocenters. The van der Waals surface area contributed by atoms with E-state index in [0.29, 0.717) is 31.7 Å². The molecule has 0 unspecified atom stereocenters. The molecule has 0 saturated carbocycles. The fourth-order valence-electron chi connectivity index (χ4n) is 1.78. The number of hydrogen-bond acceptors (Lipinski definition) is 3. The zero-order valence-electron chi connectivity index (χ0n) is 12.4. The Bertz CT molecular complexity index is 623. The van der Waals surface area contributed by atoms with Gasteiger partial charge >= 0.3 is 6.03 Å². The van der Waals surface area contributed by atoms with Gasteiger partial charge in [0, 0.05) is 28.6 Å². The minimum Gasteiger partial charge on any atom is -0.338 e. The van der Waals surface area contributed by atoms with Gasteiger partial charge in [-0.3, -0.25) is 0 Å². The van der Waals surface area contributed by atoms with Gasteiger partial charge in [0.2, 0.25) is 10.0 Å². The number of anilines is 1. The molecular weight excluding hydrogens is 438 g/mol. The van der Waals surface area contributed by atoms with Crippen molar-refractivity contribution in [1.29, 1.82) is 0 Å². The average molecular weight is 457 g/mol. The standard InChI is InChI=1S/C13H19Br2N3O3S/c1-3-18(22(2,20)21)8-4-7-16-13(19)17-12-9-10(14)5-6-11(12)15/h5-6,9H,3-4,7-8H2,1-2H3,(H2,16,17,19). The largest absolute Gasteiger partial charge is 0.338 e. The van der Waals surface area contributed by atoms with Crippen LogP contribution in [0.25, 0.3) is 0 Å². The van der Waals surface area contributed by atoms with Crippen LogP contribution in [0, 0.1) is 0 Å². The summed E-state index contributed by atoms with van der Waals surface area (Å²) in [5.74, 6) is 0. The van der Waals surface area contributed by atoms with E-state index in [1.165, 1.54) is 10.6 Å². The fraction of sp³-hybridized carbons (Fsp3) is 0.462. The molecule has 0 heterocycles. The van der Waals surface area contributed by atoms with Gasteiger partial charge in [-0.15, -0.1) is 0 Å². The highest BCUT2D eigenvalue weighted by Gasteiger charge is 2.13. The van der Waals surface area contributed by atoms with E-state index < -0.39 is 10.0 Å². The number of benzene rings is 1. The third kappa shape index (κ3) is 6.64. The van der Waals surface area contributed by atoms with Crippen LogP contribution >= 0.6 is 31.9 Å². The Balaban J connectivity index is 2.39. The van der Waals surface area contributed by atoms with Crippen LogP contribution in [0.3, 0.4) is 0 Å². The van der Waals surface area contributed by atoms with E-state index in [-0.39, 0.29) is 6.03 Å². The second-order valence-corrected chi connectivity index (χ2v) is 8.37. The Morgan fingerprint density at radius 3 is 2.59 bits per heavy atom. The van der Waals surface area contributed by atoms with Crippen molar-refractivity contribution in [2.75, 3.05) is 31.2 Å². The number of rotatable bonds is 7. The van der Waals surface area contributed by atoms with Crippen LogP contribution in [0.15, 0.2) is 27.1 Å². The number of amides is 2. The number of hydrogen-bond donors (Lipinski definition) is 2. The minimum absolute atomic E-state index is 0.332. The van der Waals surface area contributed by atoms with Crippen molar-refractivity contribution >= 4 is 53.6 Å². The van der Waals surface area contributed by atoms with Crippen LogP contribution in [0.2, 0.25) is 0 Å². The van der Waals surface area contributed by atoms with Gasteiger partial charge in [-0.2, -0.15) is 0 Å². The summed E-state index contributed by atoms with van der Waals surface area (Å²) >= 11 is 6.69. The van der Waals surface area contributed by atoms with E-state index >= 15 is 0 Å². The summed E-state index contributed by atoms with van der Waals surface area (Å²) in [7, 11) is -3.18. The molecule has 0 radical (unpaired) electrons. The summed E-state index contributed by atoms with van der Waals surface area (Å²) < 4.78 is 25.8. The van der Waals surface area contributed by atoms with Crippen molar-refractivity contribution in [2.45, 2.75) is 13.3 Å². The van der Waals surface area contributed by atoms with E-state index in [1.54, 1.807) is 13.0 Å².